The Hall–Kier alpha value is -1.68. The zero-order valence-corrected chi connectivity index (χ0v) is 16.5. The number of benzene rings is 1. The van der Waals surface area contributed by atoms with Crippen LogP contribution >= 0.6 is 0 Å². The third-order valence-corrected chi connectivity index (χ3v) is 6.99. The van der Waals surface area contributed by atoms with E-state index in [2.05, 4.69) is 0 Å². The SMILES string of the molecule is COCCN1[C@H]2CCN(C(=O)COC)CC[C@@H]2Oc2ccccc2S1(=O)=O. The summed E-state index contributed by atoms with van der Waals surface area (Å²) in [6, 6.07) is 6.35. The molecule has 2 aliphatic rings. The molecule has 1 saturated heterocycles. The van der Waals surface area contributed by atoms with Gasteiger partial charge in [-0.25, -0.2) is 8.42 Å². The first-order valence-corrected chi connectivity index (χ1v) is 10.5. The molecule has 2 aliphatic heterocycles. The molecule has 27 heavy (non-hydrogen) atoms. The van der Waals surface area contributed by atoms with Crippen LogP contribution in [-0.2, 0) is 24.3 Å². The maximum atomic E-state index is 13.3. The lowest BCUT2D eigenvalue weighted by molar-refractivity contribution is -0.135. The number of hydrogen-bond acceptors (Lipinski definition) is 6. The molecular formula is C18H26N2O6S. The van der Waals surface area contributed by atoms with Crippen LogP contribution in [0.4, 0.5) is 0 Å². The quantitative estimate of drug-likeness (QED) is 0.727. The number of nitrogens with zero attached hydrogens (tertiary/aromatic N) is 2. The van der Waals surface area contributed by atoms with Gasteiger partial charge in [0.2, 0.25) is 15.9 Å². The number of para-hydroxylation sites is 1. The van der Waals surface area contributed by atoms with Gasteiger partial charge in [0.1, 0.15) is 23.4 Å². The average Bonchev–Trinajstić information content (AvgIpc) is 2.89. The fourth-order valence-corrected chi connectivity index (χ4v) is 5.47. The summed E-state index contributed by atoms with van der Waals surface area (Å²) >= 11 is 0. The van der Waals surface area contributed by atoms with Crippen molar-refractivity contribution in [2.75, 3.05) is 47.1 Å². The minimum atomic E-state index is -3.73. The fraction of sp³-hybridized carbons (Fsp3) is 0.611. The third kappa shape index (κ3) is 4.11. The van der Waals surface area contributed by atoms with Crippen molar-refractivity contribution in [2.45, 2.75) is 29.9 Å². The number of amides is 1. The first-order valence-electron chi connectivity index (χ1n) is 9.02. The molecule has 0 aliphatic carbocycles. The molecule has 3 rings (SSSR count). The summed E-state index contributed by atoms with van der Waals surface area (Å²) in [4.78, 5) is 14.1. The molecule has 1 aromatic rings. The van der Waals surface area contributed by atoms with E-state index < -0.39 is 10.0 Å². The average molecular weight is 398 g/mol. The molecule has 1 fully saturated rings. The number of rotatable bonds is 5. The van der Waals surface area contributed by atoms with E-state index in [0.717, 1.165) is 0 Å². The lowest BCUT2D eigenvalue weighted by Crippen LogP contribution is -2.48. The Balaban J connectivity index is 1.94. The van der Waals surface area contributed by atoms with Crippen LogP contribution in [0.5, 0.6) is 5.75 Å². The molecule has 0 unspecified atom stereocenters. The van der Waals surface area contributed by atoms with Crippen LogP contribution in [0.25, 0.3) is 0 Å². The summed E-state index contributed by atoms with van der Waals surface area (Å²) in [6.07, 6.45) is 0.713. The second-order valence-corrected chi connectivity index (χ2v) is 8.53. The molecule has 2 atom stereocenters. The molecule has 1 aromatic carbocycles. The fourth-order valence-electron chi connectivity index (χ4n) is 3.69. The summed E-state index contributed by atoms with van der Waals surface area (Å²) in [5.74, 6) is 0.268. The standard InChI is InChI=1S/C18H26N2O6S/c1-24-12-11-20-14-7-9-19(18(21)13-25-2)10-8-15(14)26-16-5-3-4-6-17(16)27(20,22)23/h3-6,14-15H,7-13H2,1-2H3/t14-,15-/m0/s1. The molecule has 0 spiro atoms. The number of likely N-dealkylation sites (tertiary alicyclic amines) is 1. The van der Waals surface area contributed by atoms with Gasteiger partial charge >= 0.3 is 0 Å². The molecule has 150 valence electrons. The van der Waals surface area contributed by atoms with Crippen LogP contribution in [0.15, 0.2) is 29.2 Å². The zero-order chi connectivity index (χ0) is 19.4. The van der Waals surface area contributed by atoms with Gasteiger partial charge in [-0.05, 0) is 18.6 Å². The van der Waals surface area contributed by atoms with Gasteiger partial charge in [-0.1, -0.05) is 12.1 Å². The Morgan fingerprint density at radius 3 is 2.67 bits per heavy atom. The summed E-state index contributed by atoms with van der Waals surface area (Å²) in [6.45, 7) is 1.51. The first kappa shape index (κ1) is 20.1. The van der Waals surface area contributed by atoms with E-state index in [0.29, 0.717) is 31.7 Å². The van der Waals surface area contributed by atoms with Crippen LogP contribution in [0.3, 0.4) is 0 Å². The second kappa shape index (κ2) is 8.55. The van der Waals surface area contributed by atoms with Crippen LogP contribution in [0.1, 0.15) is 12.8 Å². The summed E-state index contributed by atoms with van der Waals surface area (Å²) in [7, 11) is -0.695. The highest BCUT2D eigenvalue weighted by Crippen LogP contribution is 2.36. The van der Waals surface area contributed by atoms with Crippen LogP contribution in [0, 0.1) is 0 Å². The summed E-state index contributed by atoms with van der Waals surface area (Å²) < 4.78 is 44.3. The molecule has 0 radical (unpaired) electrons. The van der Waals surface area contributed by atoms with Crippen molar-refractivity contribution < 1.29 is 27.4 Å². The van der Waals surface area contributed by atoms with Crippen LogP contribution < -0.4 is 4.74 Å². The highest BCUT2D eigenvalue weighted by molar-refractivity contribution is 7.89. The Bertz CT molecular complexity index is 769. The molecular weight excluding hydrogens is 372 g/mol. The van der Waals surface area contributed by atoms with E-state index in [1.54, 1.807) is 36.3 Å². The maximum Gasteiger partial charge on any atom is 0.248 e. The predicted octanol–water partition coefficient (Wildman–Crippen LogP) is 0.722. The molecule has 9 heteroatoms. The van der Waals surface area contributed by atoms with Gasteiger partial charge in [-0.2, -0.15) is 4.31 Å². The highest BCUT2D eigenvalue weighted by atomic mass is 32.2. The van der Waals surface area contributed by atoms with Crippen molar-refractivity contribution in [1.29, 1.82) is 0 Å². The highest BCUT2D eigenvalue weighted by Gasteiger charge is 2.43. The Morgan fingerprint density at radius 2 is 1.93 bits per heavy atom. The van der Waals surface area contributed by atoms with Gasteiger partial charge in [0.15, 0.2) is 0 Å². The minimum Gasteiger partial charge on any atom is -0.487 e. The number of ether oxygens (including phenoxy) is 3. The second-order valence-electron chi connectivity index (χ2n) is 6.67. The number of methoxy groups -OCH3 is 2. The predicted molar refractivity (Wildman–Crippen MR) is 98.1 cm³/mol. The number of carbonyl (C=O) groups is 1. The van der Waals surface area contributed by atoms with E-state index in [-0.39, 0.29) is 42.7 Å². The molecule has 1 amide bonds. The van der Waals surface area contributed by atoms with Crippen molar-refractivity contribution in [1.82, 2.24) is 9.21 Å². The lowest BCUT2D eigenvalue weighted by Gasteiger charge is -2.31. The number of sulfonamides is 1. The van der Waals surface area contributed by atoms with Crippen LogP contribution in [-0.4, -0.2) is 82.7 Å². The molecule has 0 N–H and O–H groups in total. The number of hydrogen-bond donors (Lipinski definition) is 0. The lowest BCUT2D eigenvalue weighted by atomic mass is 10.1. The monoisotopic (exact) mass is 398 g/mol. The van der Waals surface area contributed by atoms with Gasteiger partial charge in [-0.3, -0.25) is 4.79 Å². The molecule has 0 bridgehead atoms. The van der Waals surface area contributed by atoms with Gasteiger partial charge in [-0.15, -0.1) is 0 Å². The molecule has 8 nitrogen and oxygen atoms in total. The van der Waals surface area contributed by atoms with E-state index in [4.69, 9.17) is 14.2 Å². The number of carbonyl (C=O) groups excluding carboxylic acids is 1. The zero-order valence-electron chi connectivity index (χ0n) is 15.7. The van der Waals surface area contributed by atoms with Crippen molar-refractivity contribution >= 4 is 15.9 Å². The van der Waals surface area contributed by atoms with Gasteiger partial charge in [0.05, 0.1) is 12.6 Å². The largest absolute Gasteiger partial charge is 0.487 e. The summed E-state index contributed by atoms with van der Waals surface area (Å²) in [5, 5.41) is 0. The van der Waals surface area contributed by atoms with Crippen LogP contribution in [0.2, 0.25) is 0 Å². The molecule has 0 saturated carbocycles. The van der Waals surface area contributed by atoms with Crippen molar-refractivity contribution in [3.63, 3.8) is 0 Å². The first-order chi connectivity index (χ1) is 13.0. The molecule has 2 heterocycles. The smallest absolute Gasteiger partial charge is 0.248 e. The van der Waals surface area contributed by atoms with Crippen molar-refractivity contribution in [3.05, 3.63) is 24.3 Å². The van der Waals surface area contributed by atoms with E-state index in [1.165, 1.54) is 11.4 Å². The van der Waals surface area contributed by atoms with Gasteiger partial charge < -0.3 is 19.1 Å². The summed E-state index contributed by atoms with van der Waals surface area (Å²) in [5.41, 5.74) is 0. The third-order valence-electron chi connectivity index (χ3n) is 5.03. The Morgan fingerprint density at radius 1 is 1.19 bits per heavy atom. The van der Waals surface area contributed by atoms with Gasteiger partial charge in [0, 0.05) is 40.3 Å². The van der Waals surface area contributed by atoms with E-state index in [1.807, 2.05) is 0 Å². The van der Waals surface area contributed by atoms with Crippen molar-refractivity contribution in [2.24, 2.45) is 0 Å². The van der Waals surface area contributed by atoms with Crippen molar-refractivity contribution in [3.8, 4) is 5.75 Å². The topological polar surface area (TPSA) is 85.4 Å². The minimum absolute atomic E-state index is 0.0186. The number of fused-ring (bicyclic) bond motifs is 2. The van der Waals surface area contributed by atoms with E-state index in [9.17, 15) is 13.2 Å². The Kier molecular flexibility index (Phi) is 6.36. The normalized spacial score (nSPS) is 24.9. The van der Waals surface area contributed by atoms with E-state index >= 15 is 0 Å². The Labute approximate surface area is 160 Å². The maximum absolute atomic E-state index is 13.3. The molecule has 0 aromatic heterocycles. The van der Waals surface area contributed by atoms with Gasteiger partial charge in [0.25, 0.3) is 0 Å².